The average molecular weight is 396 g/mol. The van der Waals surface area contributed by atoms with Gasteiger partial charge >= 0.3 is 0 Å². The number of aliphatic hydroxyl groups is 1. The van der Waals surface area contributed by atoms with Gasteiger partial charge in [-0.1, -0.05) is 38.1 Å². The number of aromatic nitrogens is 3. The van der Waals surface area contributed by atoms with Crippen molar-refractivity contribution < 1.29 is 14.0 Å². The summed E-state index contributed by atoms with van der Waals surface area (Å²) in [4.78, 5) is 10.5. The molecule has 0 spiro atoms. The number of rotatable bonds is 5. The fourth-order valence-corrected chi connectivity index (χ4v) is 4.52. The Hall–Kier alpha value is -2.64. The summed E-state index contributed by atoms with van der Waals surface area (Å²) in [6, 6.07) is 6.85. The maximum atomic E-state index is 14.9. The zero-order valence-electron chi connectivity index (χ0n) is 17.1. The van der Waals surface area contributed by atoms with E-state index in [0.29, 0.717) is 41.2 Å². The molecule has 1 aliphatic rings. The molecule has 0 amide bonds. The summed E-state index contributed by atoms with van der Waals surface area (Å²) < 4.78 is 19.7. The van der Waals surface area contributed by atoms with Crippen LogP contribution in [0.3, 0.4) is 0 Å². The van der Waals surface area contributed by atoms with E-state index in [1.165, 1.54) is 12.5 Å². The van der Waals surface area contributed by atoms with Crippen LogP contribution in [0.15, 0.2) is 47.6 Å². The van der Waals surface area contributed by atoms with E-state index < -0.39 is 11.0 Å². The first-order valence-corrected chi connectivity index (χ1v) is 9.68. The van der Waals surface area contributed by atoms with Crippen molar-refractivity contribution in [3.63, 3.8) is 0 Å². The van der Waals surface area contributed by atoms with Gasteiger partial charge in [-0.05, 0) is 36.2 Å². The maximum Gasteiger partial charge on any atom is 0.214 e. The Balaban J connectivity index is 1.87. The molecule has 6 nitrogen and oxygen atoms in total. The molecule has 1 fully saturated rings. The van der Waals surface area contributed by atoms with Crippen LogP contribution in [-0.2, 0) is 5.60 Å². The molecule has 0 unspecified atom stereocenters. The molecular formula is C22H25FN4O2. The Morgan fingerprint density at radius 3 is 2.55 bits per heavy atom. The lowest BCUT2D eigenvalue weighted by atomic mass is 9.62. The molecule has 152 valence electrons. The molecule has 7 heteroatoms. The van der Waals surface area contributed by atoms with Gasteiger partial charge in [-0.2, -0.15) is 4.98 Å². The second-order valence-corrected chi connectivity index (χ2v) is 8.55. The van der Waals surface area contributed by atoms with Crippen molar-refractivity contribution >= 4 is 0 Å². The van der Waals surface area contributed by atoms with Gasteiger partial charge in [0, 0.05) is 42.0 Å². The monoisotopic (exact) mass is 396 g/mol. The predicted octanol–water partition coefficient (Wildman–Crippen LogP) is 3.58. The van der Waals surface area contributed by atoms with Crippen LogP contribution in [0.2, 0.25) is 0 Å². The largest absolute Gasteiger partial charge is 0.380 e. The first-order chi connectivity index (χ1) is 13.7. The van der Waals surface area contributed by atoms with Crippen LogP contribution in [0, 0.1) is 11.2 Å². The van der Waals surface area contributed by atoms with Gasteiger partial charge in [0.1, 0.15) is 11.4 Å². The van der Waals surface area contributed by atoms with Gasteiger partial charge in [-0.3, -0.25) is 4.98 Å². The lowest BCUT2D eigenvalue weighted by Gasteiger charge is -2.55. The summed E-state index contributed by atoms with van der Waals surface area (Å²) >= 11 is 0. The van der Waals surface area contributed by atoms with E-state index >= 15 is 0 Å². The van der Waals surface area contributed by atoms with E-state index in [4.69, 9.17) is 4.52 Å². The zero-order chi connectivity index (χ0) is 20.8. The Kier molecular flexibility index (Phi) is 4.75. The van der Waals surface area contributed by atoms with Crippen molar-refractivity contribution in [3.05, 3.63) is 65.6 Å². The lowest BCUT2D eigenvalue weighted by molar-refractivity contribution is -0.127. The number of likely N-dealkylation sites (tertiary alicyclic amines) is 1. The number of pyridine rings is 1. The second-order valence-electron chi connectivity index (χ2n) is 8.55. The average Bonchev–Trinajstić information content (AvgIpc) is 3.20. The highest BCUT2D eigenvalue weighted by Crippen LogP contribution is 2.50. The summed E-state index contributed by atoms with van der Waals surface area (Å²) in [5, 5.41) is 16.0. The summed E-state index contributed by atoms with van der Waals surface area (Å²) in [6.45, 7) is 7.25. The van der Waals surface area contributed by atoms with Crippen molar-refractivity contribution in [1.29, 1.82) is 0 Å². The smallest absolute Gasteiger partial charge is 0.214 e. The third-order valence-electron chi connectivity index (χ3n) is 5.93. The van der Waals surface area contributed by atoms with E-state index in [1.807, 2.05) is 33.9 Å². The summed E-state index contributed by atoms with van der Waals surface area (Å²) in [7, 11) is 2.00. The predicted molar refractivity (Wildman–Crippen MR) is 107 cm³/mol. The SMILES string of the molecule is CC(C)c1ccc([C@](O)(c2cncc(-c3ncon3)c2)C2(C)CN(C)C2)cc1F. The Morgan fingerprint density at radius 1 is 1.21 bits per heavy atom. The summed E-state index contributed by atoms with van der Waals surface area (Å²) in [5.41, 5.74) is 0.415. The summed E-state index contributed by atoms with van der Waals surface area (Å²) in [6.07, 6.45) is 4.49. The fraction of sp³-hybridized carbons (Fsp3) is 0.409. The standard InChI is InChI=1S/C22H25FN4O2/c1-14(2)18-6-5-16(8-19(18)23)22(28,21(3)11-27(4)12-21)17-7-15(9-24-10-17)20-25-13-29-26-20/h5-10,13-14,28H,11-12H2,1-4H3/t22-/m0/s1. The van der Waals surface area contributed by atoms with Gasteiger partial charge in [-0.25, -0.2) is 4.39 Å². The van der Waals surface area contributed by atoms with Gasteiger partial charge in [0.2, 0.25) is 12.2 Å². The molecule has 0 bridgehead atoms. The minimum atomic E-state index is -1.43. The van der Waals surface area contributed by atoms with Crippen LogP contribution >= 0.6 is 0 Å². The number of halogens is 1. The van der Waals surface area contributed by atoms with Gasteiger partial charge < -0.3 is 14.5 Å². The molecule has 1 aromatic carbocycles. The molecule has 3 aromatic rings. The van der Waals surface area contributed by atoms with Crippen LogP contribution in [-0.4, -0.2) is 45.3 Å². The van der Waals surface area contributed by atoms with Crippen LogP contribution in [0.1, 0.15) is 43.4 Å². The van der Waals surface area contributed by atoms with E-state index in [0.717, 1.165) is 0 Å². The Labute approximate surface area is 169 Å². The molecule has 0 radical (unpaired) electrons. The molecule has 0 aliphatic carbocycles. The number of hydrogen-bond acceptors (Lipinski definition) is 6. The van der Waals surface area contributed by atoms with Crippen molar-refractivity contribution in [1.82, 2.24) is 20.0 Å². The van der Waals surface area contributed by atoms with Gasteiger partial charge in [0.25, 0.3) is 0 Å². The molecule has 1 atom stereocenters. The molecule has 1 saturated heterocycles. The molecule has 1 aliphatic heterocycles. The number of hydrogen-bond donors (Lipinski definition) is 1. The molecular weight excluding hydrogens is 371 g/mol. The maximum absolute atomic E-state index is 14.9. The Morgan fingerprint density at radius 2 is 1.97 bits per heavy atom. The minimum absolute atomic E-state index is 0.0609. The number of benzene rings is 1. The lowest BCUT2D eigenvalue weighted by Crippen LogP contribution is -2.63. The van der Waals surface area contributed by atoms with Crippen molar-refractivity contribution in [2.45, 2.75) is 32.3 Å². The van der Waals surface area contributed by atoms with Crippen LogP contribution in [0.5, 0.6) is 0 Å². The van der Waals surface area contributed by atoms with Crippen molar-refractivity contribution in [3.8, 4) is 11.4 Å². The van der Waals surface area contributed by atoms with Crippen LogP contribution < -0.4 is 0 Å². The highest BCUT2D eigenvalue weighted by molar-refractivity contribution is 5.55. The molecule has 4 rings (SSSR count). The van der Waals surface area contributed by atoms with Crippen LogP contribution in [0.25, 0.3) is 11.4 Å². The fourth-order valence-electron chi connectivity index (χ4n) is 4.52. The highest BCUT2D eigenvalue weighted by atomic mass is 19.1. The first-order valence-electron chi connectivity index (χ1n) is 9.68. The van der Waals surface area contributed by atoms with E-state index in [9.17, 15) is 9.50 Å². The molecule has 3 heterocycles. The van der Waals surface area contributed by atoms with Crippen molar-refractivity contribution in [2.75, 3.05) is 20.1 Å². The second kappa shape index (κ2) is 7.00. The topological polar surface area (TPSA) is 75.3 Å². The molecule has 0 saturated carbocycles. The van der Waals surface area contributed by atoms with Gasteiger partial charge in [0.05, 0.1) is 0 Å². The molecule has 29 heavy (non-hydrogen) atoms. The first kappa shape index (κ1) is 19.7. The van der Waals surface area contributed by atoms with Gasteiger partial charge in [-0.15, -0.1) is 0 Å². The number of nitrogens with zero attached hydrogens (tertiary/aromatic N) is 4. The van der Waals surface area contributed by atoms with Crippen LogP contribution in [0.4, 0.5) is 4.39 Å². The van der Waals surface area contributed by atoms with Crippen molar-refractivity contribution in [2.24, 2.45) is 5.41 Å². The van der Waals surface area contributed by atoms with E-state index in [1.54, 1.807) is 24.5 Å². The molecule has 2 aromatic heterocycles. The zero-order valence-corrected chi connectivity index (χ0v) is 17.1. The highest BCUT2D eigenvalue weighted by Gasteiger charge is 2.55. The minimum Gasteiger partial charge on any atom is -0.380 e. The summed E-state index contributed by atoms with van der Waals surface area (Å²) in [5.74, 6) is 0.138. The third-order valence-corrected chi connectivity index (χ3v) is 5.93. The molecule has 1 N–H and O–H groups in total. The van der Waals surface area contributed by atoms with E-state index in [2.05, 4.69) is 20.0 Å². The normalized spacial score (nSPS) is 18.4. The Bertz CT molecular complexity index is 1020. The van der Waals surface area contributed by atoms with Gasteiger partial charge in [0.15, 0.2) is 0 Å². The van der Waals surface area contributed by atoms with E-state index in [-0.39, 0.29) is 11.7 Å². The quantitative estimate of drug-likeness (QED) is 0.710. The third kappa shape index (κ3) is 3.14.